The lowest BCUT2D eigenvalue weighted by atomic mass is 9.51. The van der Waals surface area contributed by atoms with Crippen molar-refractivity contribution in [3.8, 4) is 23.0 Å². The van der Waals surface area contributed by atoms with E-state index in [4.69, 9.17) is 0 Å². The molecule has 194 valence electrons. The summed E-state index contributed by atoms with van der Waals surface area (Å²) in [6, 6.07) is 16.1. The maximum atomic E-state index is 13.3. The Hall–Kier alpha value is -3.22. The Balaban J connectivity index is 1.24. The van der Waals surface area contributed by atoms with E-state index in [9.17, 15) is 14.7 Å². The average molecular weight is 505 g/mol. The van der Waals surface area contributed by atoms with Crippen LogP contribution in [0.25, 0.3) is 11.1 Å². The molecule has 7 atom stereocenters. The topological polar surface area (TPSA) is 54.4 Å². The quantitative estimate of drug-likeness (QED) is 0.365. The molecule has 2 aromatic rings. The lowest BCUT2D eigenvalue weighted by molar-refractivity contribution is -0.117. The van der Waals surface area contributed by atoms with Gasteiger partial charge in [-0.2, -0.15) is 0 Å². The molecule has 0 radical (unpaired) electrons. The summed E-state index contributed by atoms with van der Waals surface area (Å²) in [5.41, 5.74) is 4.07. The fraction of sp³-hybridized carbons (Fsp3) is 0.429. The van der Waals surface area contributed by atoms with E-state index >= 15 is 0 Å². The third kappa shape index (κ3) is 3.85. The van der Waals surface area contributed by atoms with Crippen molar-refractivity contribution >= 4 is 11.6 Å². The highest BCUT2D eigenvalue weighted by atomic mass is 16.3. The Kier molecular flexibility index (Phi) is 6.08. The molecule has 4 aliphatic carbocycles. The van der Waals surface area contributed by atoms with Crippen LogP contribution < -0.4 is 0 Å². The molecule has 2 fully saturated rings. The normalized spacial score (nSPS) is 35.3. The standard InChI is InChI=1S/C35H36O3/c1-4-17-35(38)19-16-32-29-14-13-27-20-33(37)31(21-30(27)28(29)15-18-34(32,35)3)26-11-9-25(10-12-26)24-7-5-23(6-8-24)22(2)36/h5-14,20,28-32,38H,15-16,18-19,21H2,1-3H3/t28-,29+,30-,31?,32-,34-,35-/m0/s1. The summed E-state index contributed by atoms with van der Waals surface area (Å²) >= 11 is 0. The molecule has 1 N–H and O–H groups in total. The summed E-state index contributed by atoms with van der Waals surface area (Å²) in [5, 5.41) is 11.5. The van der Waals surface area contributed by atoms with Gasteiger partial charge in [0.05, 0.1) is 0 Å². The number of aliphatic hydroxyl groups is 1. The van der Waals surface area contributed by atoms with E-state index in [1.165, 1.54) is 5.57 Å². The summed E-state index contributed by atoms with van der Waals surface area (Å²) in [5.74, 6) is 8.07. The molecule has 0 heterocycles. The first-order chi connectivity index (χ1) is 18.2. The fourth-order valence-electron chi connectivity index (χ4n) is 8.20. The van der Waals surface area contributed by atoms with Crippen LogP contribution >= 0.6 is 0 Å². The zero-order valence-electron chi connectivity index (χ0n) is 22.5. The molecule has 38 heavy (non-hydrogen) atoms. The van der Waals surface area contributed by atoms with Crippen molar-refractivity contribution < 1.29 is 14.7 Å². The number of rotatable bonds is 3. The van der Waals surface area contributed by atoms with Crippen molar-refractivity contribution in [1.29, 1.82) is 0 Å². The predicted octanol–water partition coefficient (Wildman–Crippen LogP) is 6.92. The first-order valence-electron chi connectivity index (χ1n) is 14.1. The molecule has 3 heteroatoms. The molecule has 0 saturated heterocycles. The van der Waals surface area contributed by atoms with E-state index in [0.29, 0.717) is 29.2 Å². The molecule has 0 spiro atoms. The highest BCUT2D eigenvalue weighted by Crippen LogP contribution is 2.64. The number of allylic oxidation sites excluding steroid dienone is 4. The molecule has 2 saturated carbocycles. The summed E-state index contributed by atoms with van der Waals surface area (Å²) in [6.07, 6.45) is 11.1. The molecule has 0 aromatic heterocycles. The van der Waals surface area contributed by atoms with Crippen LogP contribution in [-0.2, 0) is 4.79 Å². The maximum absolute atomic E-state index is 13.3. The Morgan fingerprint density at radius 2 is 1.68 bits per heavy atom. The van der Waals surface area contributed by atoms with E-state index < -0.39 is 5.60 Å². The molecule has 1 unspecified atom stereocenters. The van der Waals surface area contributed by atoms with Gasteiger partial charge in [0, 0.05) is 16.9 Å². The maximum Gasteiger partial charge on any atom is 0.163 e. The summed E-state index contributed by atoms with van der Waals surface area (Å²) in [6.45, 7) is 5.66. The van der Waals surface area contributed by atoms with Crippen molar-refractivity contribution in [2.24, 2.45) is 29.1 Å². The van der Waals surface area contributed by atoms with Crippen molar-refractivity contribution in [3.63, 3.8) is 0 Å². The van der Waals surface area contributed by atoms with E-state index in [-0.39, 0.29) is 22.9 Å². The zero-order chi connectivity index (χ0) is 26.7. The molecular formula is C35H36O3. The number of carbonyl (C=O) groups is 2. The van der Waals surface area contributed by atoms with Gasteiger partial charge in [-0.05, 0) is 98.0 Å². The number of benzene rings is 2. The number of hydrogen-bond acceptors (Lipinski definition) is 3. The van der Waals surface area contributed by atoms with E-state index in [0.717, 1.165) is 48.8 Å². The minimum atomic E-state index is -0.888. The first-order valence-corrected chi connectivity index (χ1v) is 14.1. The smallest absolute Gasteiger partial charge is 0.163 e. The molecule has 0 bridgehead atoms. The molecule has 4 aliphatic rings. The first kappa shape index (κ1) is 25.1. The largest absolute Gasteiger partial charge is 0.377 e. The van der Waals surface area contributed by atoms with E-state index in [2.05, 4.69) is 55.2 Å². The predicted molar refractivity (Wildman–Crippen MR) is 150 cm³/mol. The van der Waals surface area contributed by atoms with Gasteiger partial charge >= 0.3 is 0 Å². The van der Waals surface area contributed by atoms with Gasteiger partial charge in [-0.15, -0.1) is 5.92 Å². The highest BCUT2D eigenvalue weighted by Gasteiger charge is 2.61. The Bertz CT molecular complexity index is 1400. The van der Waals surface area contributed by atoms with Crippen LogP contribution in [0.3, 0.4) is 0 Å². The van der Waals surface area contributed by atoms with Gasteiger partial charge in [-0.1, -0.05) is 73.5 Å². The van der Waals surface area contributed by atoms with Gasteiger partial charge in [0.15, 0.2) is 11.6 Å². The van der Waals surface area contributed by atoms with Gasteiger partial charge < -0.3 is 5.11 Å². The van der Waals surface area contributed by atoms with Crippen LogP contribution in [0.4, 0.5) is 0 Å². The number of fused-ring (bicyclic) bond motifs is 5. The van der Waals surface area contributed by atoms with Crippen molar-refractivity contribution in [2.45, 2.75) is 64.4 Å². The van der Waals surface area contributed by atoms with Gasteiger partial charge in [0.1, 0.15) is 5.60 Å². The second kappa shape index (κ2) is 9.21. The Morgan fingerprint density at radius 3 is 2.34 bits per heavy atom. The number of Topliss-reactive ketones (excluding diaryl/α,β-unsaturated/α-hetero) is 1. The van der Waals surface area contributed by atoms with E-state index in [1.54, 1.807) is 6.92 Å². The van der Waals surface area contributed by atoms with E-state index in [1.807, 2.05) is 37.3 Å². The lowest BCUT2D eigenvalue weighted by Crippen LogP contribution is -2.51. The summed E-state index contributed by atoms with van der Waals surface area (Å²) < 4.78 is 0. The monoisotopic (exact) mass is 504 g/mol. The van der Waals surface area contributed by atoms with Crippen molar-refractivity contribution in [2.75, 3.05) is 0 Å². The highest BCUT2D eigenvalue weighted by molar-refractivity contribution is 5.97. The molecule has 3 nitrogen and oxygen atoms in total. The number of hydrogen-bond donors (Lipinski definition) is 1. The van der Waals surface area contributed by atoms with Gasteiger partial charge in [0.2, 0.25) is 0 Å². The second-order valence-corrected chi connectivity index (χ2v) is 12.1. The zero-order valence-corrected chi connectivity index (χ0v) is 22.5. The molecule has 0 aliphatic heterocycles. The minimum absolute atomic E-state index is 0.0655. The third-order valence-electron chi connectivity index (χ3n) is 10.4. The van der Waals surface area contributed by atoms with Gasteiger partial charge in [-0.3, -0.25) is 9.59 Å². The van der Waals surface area contributed by atoms with Crippen LogP contribution in [0.5, 0.6) is 0 Å². The molecular weight excluding hydrogens is 468 g/mol. The molecule has 0 amide bonds. The number of carbonyl (C=O) groups excluding carboxylic acids is 2. The van der Waals surface area contributed by atoms with Crippen LogP contribution in [-0.4, -0.2) is 22.3 Å². The average Bonchev–Trinajstić information content (AvgIpc) is 3.18. The summed E-state index contributed by atoms with van der Waals surface area (Å²) in [4.78, 5) is 24.9. The second-order valence-electron chi connectivity index (χ2n) is 12.1. The van der Waals surface area contributed by atoms with Gasteiger partial charge in [0.25, 0.3) is 0 Å². The van der Waals surface area contributed by atoms with Crippen molar-refractivity contribution in [1.82, 2.24) is 0 Å². The van der Waals surface area contributed by atoms with Crippen LogP contribution in [0.15, 0.2) is 72.3 Å². The summed E-state index contributed by atoms with van der Waals surface area (Å²) in [7, 11) is 0. The van der Waals surface area contributed by atoms with Crippen LogP contribution in [0, 0.1) is 40.9 Å². The Morgan fingerprint density at radius 1 is 1.00 bits per heavy atom. The van der Waals surface area contributed by atoms with Crippen LogP contribution in [0.1, 0.15) is 74.7 Å². The lowest BCUT2D eigenvalue weighted by Gasteiger charge is -2.53. The fourth-order valence-corrected chi connectivity index (χ4v) is 8.20. The Labute approximate surface area is 226 Å². The molecule has 2 aromatic carbocycles. The van der Waals surface area contributed by atoms with Gasteiger partial charge in [-0.25, -0.2) is 0 Å². The molecule has 6 rings (SSSR count). The van der Waals surface area contributed by atoms with Crippen LogP contribution in [0.2, 0.25) is 0 Å². The minimum Gasteiger partial charge on any atom is -0.377 e. The third-order valence-corrected chi connectivity index (χ3v) is 10.4. The van der Waals surface area contributed by atoms with Crippen molar-refractivity contribution in [3.05, 3.63) is 83.5 Å². The number of ketones is 2. The SMILES string of the molecule is CC#C[C@]1(O)CC[C@H]2[C@@H]3C=CC4=CC(=O)C(c5ccc(-c6ccc(C(C)=O)cc6)cc5)C[C@@H]4[C@H]3CC[C@@]21C.